The summed E-state index contributed by atoms with van der Waals surface area (Å²) in [5.41, 5.74) is -0.148. The number of amides is 1. The van der Waals surface area contributed by atoms with Gasteiger partial charge in [-0.05, 0) is 32.9 Å². The summed E-state index contributed by atoms with van der Waals surface area (Å²) in [6.07, 6.45) is 2.06. The van der Waals surface area contributed by atoms with E-state index in [9.17, 15) is 4.79 Å². The van der Waals surface area contributed by atoms with Crippen molar-refractivity contribution in [2.45, 2.75) is 19.8 Å². The SMILES string of the molecule is CC1(C(=O)N2CCCNCC2)CCNC1. The summed E-state index contributed by atoms with van der Waals surface area (Å²) < 4.78 is 0. The van der Waals surface area contributed by atoms with Crippen LogP contribution in [-0.2, 0) is 4.79 Å². The lowest BCUT2D eigenvalue weighted by Gasteiger charge is -2.30. The molecule has 0 aromatic heterocycles. The van der Waals surface area contributed by atoms with Crippen LogP contribution in [0.25, 0.3) is 0 Å². The normalized spacial score (nSPS) is 32.7. The van der Waals surface area contributed by atoms with E-state index in [0.717, 1.165) is 52.1 Å². The first-order valence-corrected chi connectivity index (χ1v) is 5.93. The molecule has 1 amide bonds. The molecular weight excluding hydrogens is 190 g/mol. The van der Waals surface area contributed by atoms with Gasteiger partial charge in [-0.15, -0.1) is 0 Å². The van der Waals surface area contributed by atoms with Crippen LogP contribution in [0.2, 0.25) is 0 Å². The molecule has 1 unspecified atom stereocenters. The Labute approximate surface area is 91.4 Å². The lowest BCUT2D eigenvalue weighted by molar-refractivity contribution is -0.140. The molecule has 4 heteroatoms. The van der Waals surface area contributed by atoms with Gasteiger partial charge in [0.15, 0.2) is 0 Å². The van der Waals surface area contributed by atoms with E-state index in [4.69, 9.17) is 0 Å². The van der Waals surface area contributed by atoms with Crippen molar-refractivity contribution >= 4 is 5.91 Å². The molecule has 0 saturated carbocycles. The molecule has 0 aromatic carbocycles. The van der Waals surface area contributed by atoms with E-state index in [1.807, 2.05) is 4.90 Å². The molecule has 0 bridgehead atoms. The van der Waals surface area contributed by atoms with Crippen LogP contribution in [0.15, 0.2) is 0 Å². The van der Waals surface area contributed by atoms with Gasteiger partial charge in [0, 0.05) is 26.2 Å². The van der Waals surface area contributed by atoms with Crippen LogP contribution in [0.3, 0.4) is 0 Å². The third-order valence-electron chi connectivity index (χ3n) is 3.51. The van der Waals surface area contributed by atoms with E-state index in [2.05, 4.69) is 17.6 Å². The summed E-state index contributed by atoms with van der Waals surface area (Å²) >= 11 is 0. The molecule has 15 heavy (non-hydrogen) atoms. The molecular formula is C11H21N3O. The first-order valence-electron chi connectivity index (χ1n) is 5.93. The van der Waals surface area contributed by atoms with Crippen molar-refractivity contribution in [3.63, 3.8) is 0 Å². The molecule has 2 aliphatic heterocycles. The summed E-state index contributed by atoms with van der Waals surface area (Å²) in [6.45, 7) is 7.68. The van der Waals surface area contributed by atoms with Gasteiger partial charge in [0.1, 0.15) is 0 Å². The van der Waals surface area contributed by atoms with Crippen molar-refractivity contribution in [1.29, 1.82) is 0 Å². The summed E-state index contributed by atoms with van der Waals surface area (Å²) in [4.78, 5) is 14.4. The highest BCUT2D eigenvalue weighted by Crippen LogP contribution is 2.27. The molecule has 0 aromatic rings. The maximum absolute atomic E-state index is 12.3. The van der Waals surface area contributed by atoms with Crippen LogP contribution in [-0.4, -0.2) is 50.1 Å². The van der Waals surface area contributed by atoms with Crippen LogP contribution in [0.5, 0.6) is 0 Å². The van der Waals surface area contributed by atoms with Crippen LogP contribution in [0.1, 0.15) is 19.8 Å². The van der Waals surface area contributed by atoms with Crippen molar-refractivity contribution < 1.29 is 4.79 Å². The van der Waals surface area contributed by atoms with Gasteiger partial charge in [0.2, 0.25) is 5.91 Å². The summed E-state index contributed by atoms with van der Waals surface area (Å²) in [5, 5.41) is 6.61. The Balaban J connectivity index is 1.98. The highest BCUT2D eigenvalue weighted by atomic mass is 16.2. The summed E-state index contributed by atoms with van der Waals surface area (Å²) in [7, 11) is 0. The van der Waals surface area contributed by atoms with E-state index in [-0.39, 0.29) is 5.41 Å². The maximum atomic E-state index is 12.3. The minimum Gasteiger partial charge on any atom is -0.341 e. The molecule has 2 saturated heterocycles. The zero-order valence-electron chi connectivity index (χ0n) is 9.51. The van der Waals surface area contributed by atoms with E-state index in [0.29, 0.717) is 5.91 Å². The summed E-state index contributed by atoms with van der Waals surface area (Å²) in [5.74, 6) is 0.344. The standard InChI is InChI=1S/C11H21N3O/c1-11(3-5-13-9-11)10(15)14-7-2-4-12-6-8-14/h12-13H,2-9H2,1H3. The molecule has 2 N–H and O–H groups in total. The van der Waals surface area contributed by atoms with Gasteiger partial charge >= 0.3 is 0 Å². The lowest BCUT2D eigenvalue weighted by Crippen LogP contribution is -2.45. The summed E-state index contributed by atoms with van der Waals surface area (Å²) in [6, 6.07) is 0. The van der Waals surface area contributed by atoms with Gasteiger partial charge in [-0.1, -0.05) is 0 Å². The lowest BCUT2D eigenvalue weighted by atomic mass is 9.88. The topological polar surface area (TPSA) is 44.4 Å². The van der Waals surface area contributed by atoms with Crippen molar-refractivity contribution in [3.8, 4) is 0 Å². The Morgan fingerprint density at radius 2 is 2.07 bits per heavy atom. The average Bonchev–Trinajstić information content (AvgIpc) is 2.54. The number of carbonyl (C=O) groups is 1. The second-order valence-electron chi connectivity index (χ2n) is 4.88. The van der Waals surface area contributed by atoms with Crippen molar-refractivity contribution in [1.82, 2.24) is 15.5 Å². The van der Waals surface area contributed by atoms with E-state index in [1.54, 1.807) is 0 Å². The molecule has 1 atom stereocenters. The van der Waals surface area contributed by atoms with Crippen LogP contribution < -0.4 is 10.6 Å². The number of nitrogens with zero attached hydrogens (tertiary/aromatic N) is 1. The predicted octanol–water partition coefficient (Wildman–Crippen LogP) is -0.192. The fourth-order valence-corrected chi connectivity index (χ4v) is 2.43. The second kappa shape index (κ2) is 4.49. The Hall–Kier alpha value is -0.610. The van der Waals surface area contributed by atoms with Gasteiger partial charge in [-0.25, -0.2) is 0 Å². The smallest absolute Gasteiger partial charge is 0.229 e. The average molecular weight is 211 g/mol. The number of nitrogens with one attached hydrogen (secondary N) is 2. The number of hydrogen-bond acceptors (Lipinski definition) is 3. The fourth-order valence-electron chi connectivity index (χ4n) is 2.43. The van der Waals surface area contributed by atoms with Crippen LogP contribution >= 0.6 is 0 Å². The Kier molecular flexibility index (Phi) is 3.26. The Morgan fingerprint density at radius 3 is 2.80 bits per heavy atom. The molecule has 4 nitrogen and oxygen atoms in total. The molecule has 2 rings (SSSR count). The van der Waals surface area contributed by atoms with Gasteiger partial charge in [0.05, 0.1) is 5.41 Å². The second-order valence-corrected chi connectivity index (χ2v) is 4.88. The van der Waals surface area contributed by atoms with Crippen molar-refractivity contribution in [2.75, 3.05) is 39.3 Å². The number of hydrogen-bond donors (Lipinski definition) is 2. The molecule has 86 valence electrons. The first kappa shape index (κ1) is 10.9. The van der Waals surface area contributed by atoms with Gasteiger partial charge in [0.25, 0.3) is 0 Å². The molecule has 0 radical (unpaired) electrons. The van der Waals surface area contributed by atoms with E-state index >= 15 is 0 Å². The monoisotopic (exact) mass is 211 g/mol. The number of rotatable bonds is 1. The maximum Gasteiger partial charge on any atom is 0.229 e. The fraction of sp³-hybridized carbons (Fsp3) is 0.909. The third kappa shape index (κ3) is 2.32. The van der Waals surface area contributed by atoms with Gasteiger partial charge < -0.3 is 15.5 Å². The van der Waals surface area contributed by atoms with Crippen LogP contribution in [0, 0.1) is 5.41 Å². The minimum atomic E-state index is -0.148. The third-order valence-corrected chi connectivity index (χ3v) is 3.51. The largest absolute Gasteiger partial charge is 0.341 e. The first-order chi connectivity index (χ1) is 7.22. The van der Waals surface area contributed by atoms with Gasteiger partial charge in [-0.2, -0.15) is 0 Å². The Bertz CT molecular complexity index is 228. The quantitative estimate of drug-likeness (QED) is 0.632. The van der Waals surface area contributed by atoms with Gasteiger partial charge in [-0.3, -0.25) is 4.79 Å². The van der Waals surface area contributed by atoms with E-state index in [1.165, 1.54) is 0 Å². The minimum absolute atomic E-state index is 0.148. The van der Waals surface area contributed by atoms with Crippen molar-refractivity contribution in [2.24, 2.45) is 5.41 Å². The van der Waals surface area contributed by atoms with Crippen molar-refractivity contribution in [3.05, 3.63) is 0 Å². The zero-order chi connectivity index (χ0) is 10.7. The highest BCUT2D eigenvalue weighted by Gasteiger charge is 2.39. The molecule has 0 spiro atoms. The molecule has 2 fully saturated rings. The zero-order valence-corrected chi connectivity index (χ0v) is 9.51. The molecule has 2 heterocycles. The van der Waals surface area contributed by atoms with Crippen LogP contribution in [0.4, 0.5) is 0 Å². The highest BCUT2D eigenvalue weighted by molar-refractivity contribution is 5.83. The predicted molar refractivity (Wildman–Crippen MR) is 59.7 cm³/mol. The Morgan fingerprint density at radius 1 is 1.20 bits per heavy atom. The number of carbonyl (C=O) groups excluding carboxylic acids is 1. The molecule has 2 aliphatic rings. The molecule has 0 aliphatic carbocycles. The van der Waals surface area contributed by atoms with E-state index < -0.39 is 0 Å².